The summed E-state index contributed by atoms with van der Waals surface area (Å²) in [4.78, 5) is 37.6. The van der Waals surface area contributed by atoms with Crippen molar-refractivity contribution in [3.63, 3.8) is 0 Å². The van der Waals surface area contributed by atoms with Gasteiger partial charge in [-0.2, -0.15) is 13.2 Å². The van der Waals surface area contributed by atoms with Crippen LogP contribution in [0, 0.1) is 24.5 Å². The summed E-state index contributed by atoms with van der Waals surface area (Å²) in [7, 11) is 0. The van der Waals surface area contributed by atoms with Crippen molar-refractivity contribution in [1.82, 2.24) is 0 Å². The van der Waals surface area contributed by atoms with Crippen LogP contribution in [0.2, 0.25) is 20.1 Å². The predicted octanol–water partition coefficient (Wildman–Crippen LogP) is 9.51. The van der Waals surface area contributed by atoms with E-state index in [2.05, 4.69) is 5.32 Å². The standard InChI is InChI=1S/C28H16Cl6F5NO3/c1-10-4-13(40-26(43)22-21(27(22,33)34)12-5-16(29)24(32)17(30)6-12)8-15(23(10)31)19(41)7-11-2-3-18(35)14(25(11)36)9-20(42)28(37,38)39/h2-6,8,21-22H,7,9H2,1H3,(H,40,43)/t21-,22+/m0/s1. The van der Waals surface area contributed by atoms with Gasteiger partial charge >= 0.3 is 6.18 Å². The molecule has 1 aliphatic carbocycles. The molecule has 1 aliphatic rings. The van der Waals surface area contributed by atoms with Gasteiger partial charge in [0.25, 0.3) is 0 Å². The molecule has 0 saturated heterocycles. The number of hydrogen-bond donors (Lipinski definition) is 1. The molecule has 0 bridgehead atoms. The molecule has 0 aliphatic heterocycles. The summed E-state index contributed by atoms with van der Waals surface area (Å²) >= 11 is 37.3. The molecule has 1 N–H and O–H groups in total. The first kappa shape index (κ1) is 33.7. The third-order valence-electron chi connectivity index (χ3n) is 6.79. The zero-order valence-corrected chi connectivity index (χ0v) is 26.0. The molecule has 0 spiro atoms. The monoisotopic (exact) mass is 719 g/mol. The number of alkyl halides is 5. The lowest BCUT2D eigenvalue weighted by atomic mass is 9.97. The first-order chi connectivity index (χ1) is 19.8. The number of aryl methyl sites for hydroxylation is 1. The molecular weight excluding hydrogens is 706 g/mol. The van der Waals surface area contributed by atoms with Crippen LogP contribution in [0.3, 0.4) is 0 Å². The van der Waals surface area contributed by atoms with E-state index >= 15 is 0 Å². The summed E-state index contributed by atoms with van der Waals surface area (Å²) in [5.74, 6) is -8.30. The van der Waals surface area contributed by atoms with Crippen LogP contribution in [0.4, 0.5) is 27.6 Å². The van der Waals surface area contributed by atoms with Gasteiger partial charge < -0.3 is 5.32 Å². The molecule has 1 fully saturated rings. The molecule has 0 heterocycles. The molecular formula is C28H16Cl6F5NO3. The Morgan fingerprint density at radius 1 is 0.907 bits per heavy atom. The van der Waals surface area contributed by atoms with Gasteiger partial charge in [0.15, 0.2) is 5.78 Å². The number of hydrogen-bond acceptors (Lipinski definition) is 3. The summed E-state index contributed by atoms with van der Waals surface area (Å²) in [5.41, 5.74) is -0.845. The van der Waals surface area contributed by atoms with E-state index < -0.39 is 75.4 Å². The van der Waals surface area contributed by atoms with Gasteiger partial charge in [0, 0.05) is 35.6 Å². The predicted molar refractivity (Wildman–Crippen MR) is 156 cm³/mol. The summed E-state index contributed by atoms with van der Waals surface area (Å²) in [6.45, 7) is 1.53. The van der Waals surface area contributed by atoms with Gasteiger partial charge in [-0.3, -0.25) is 14.4 Å². The topological polar surface area (TPSA) is 63.2 Å². The number of carbonyl (C=O) groups excluding carboxylic acids is 3. The van der Waals surface area contributed by atoms with Crippen molar-refractivity contribution in [1.29, 1.82) is 0 Å². The lowest BCUT2D eigenvalue weighted by Gasteiger charge is -2.13. The van der Waals surface area contributed by atoms with Crippen LogP contribution in [-0.2, 0) is 22.4 Å². The van der Waals surface area contributed by atoms with Gasteiger partial charge in [0.05, 0.1) is 26.0 Å². The SMILES string of the molecule is Cc1cc(NC(=O)[C@H]2[C@H](c3cc(Cl)c(Cl)c(Cl)c3)C2(Cl)Cl)cc(C(=O)Cc2ccc(F)c(CC(=O)C(F)(F)F)c2F)c1Cl. The van der Waals surface area contributed by atoms with Crippen LogP contribution in [-0.4, -0.2) is 28.0 Å². The highest BCUT2D eigenvalue weighted by molar-refractivity contribution is 6.54. The summed E-state index contributed by atoms with van der Waals surface area (Å²) in [6.07, 6.45) is -7.63. The Labute approximate surface area is 271 Å². The fraction of sp³-hybridized carbons (Fsp3) is 0.250. The number of rotatable bonds is 8. The van der Waals surface area contributed by atoms with E-state index in [1.54, 1.807) is 0 Å². The molecule has 0 aromatic heterocycles. The third-order valence-corrected chi connectivity index (χ3v) is 9.43. The Hall–Kier alpha value is -2.14. The Morgan fingerprint density at radius 3 is 2.09 bits per heavy atom. The molecule has 4 nitrogen and oxygen atoms in total. The highest BCUT2D eigenvalue weighted by atomic mass is 35.5. The number of amides is 1. The van der Waals surface area contributed by atoms with E-state index in [0.29, 0.717) is 17.2 Å². The second-order valence-corrected chi connectivity index (χ2v) is 12.8. The largest absolute Gasteiger partial charge is 0.450 e. The van der Waals surface area contributed by atoms with E-state index in [4.69, 9.17) is 69.6 Å². The van der Waals surface area contributed by atoms with Crippen molar-refractivity contribution >= 4 is 92.8 Å². The van der Waals surface area contributed by atoms with Crippen molar-refractivity contribution in [2.24, 2.45) is 5.92 Å². The van der Waals surface area contributed by atoms with E-state index in [1.165, 1.54) is 31.2 Å². The minimum atomic E-state index is -5.30. The molecule has 0 unspecified atom stereocenters. The second-order valence-electron chi connectivity index (χ2n) is 9.77. The van der Waals surface area contributed by atoms with E-state index in [-0.39, 0.29) is 31.3 Å². The Kier molecular flexibility index (Phi) is 9.68. The first-order valence-electron chi connectivity index (χ1n) is 12.1. The number of anilines is 1. The molecule has 228 valence electrons. The fourth-order valence-corrected chi connectivity index (χ4v) is 6.22. The van der Waals surface area contributed by atoms with Crippen molar-refractivity contribution in [2.45, 2.75) is 36.2 Å². The quantitative estimate of drug-likeness (QED) is 0.109. The average Bonchev–Trinajstić information content (AvgIpc) is 3.49. The van der Waals surface area contributed by atoms with Gasteiger partial charge in [0.2, 0.25) is 11.7 Å². The van der Waals surface area contributed by atoms with Crippen LogP contribution < -0.4 is 5.32 Å². The lowest BCUT2D eigenvalue weighted by molar-refractivity contribution is -0.170. The molecule has 3 aromatic rings. The van der Waals surface area contributed by atoms with Gasteiger partial charge in [0.1, 0.15) is 16.0 Å². The van der Waals surface area contributed by atoms with Crippen molar-refractivity contribution in [2.75, 3.05) is 5.32 Å². The van der Waals surface area contributed by atoms with Crippen LogP contribution in [0.5, 0.6) is 0 Å². The maximum absolute atomic E-state index is 15.0. The van der Waals surface area contributed by atoms with Gasteiger partial charge in [-0.25, -0.2) is 8.78 Å². The molecule has 3 aromatic carbocycles. The van der Waals surface area contributed by atoms with E-state index in [1.807, 2.05) is 0 Å². The molecule has 0 radical (unpaired) electrons. The summed E-state index contributed by atoms with van der Waals surface area (Å²) in [6, 6.07) is 7.16. The Balaban J connectivity index is 1.56. The van der Waals surface area contributed by atoms with Crippen molar-refractivity contribution in [3.8, 4) is 0 Å². The third kappa shape index (κ3) is 6.92. The molecule has 15 heteroatoms. The smallest absolute Gasteiger partial charge is 0.326 e. The molecule has 1 amide bonds. The van der Waals surface area contributed by atoms with Crippen LogP contribution >= 0.6 is 69.6 Å². The minimum Gasteiger partial charge on any atom is -0.326 e. The van der Waals surface area contributed by atoms with E-state index in [0.717, 1.165) is 6.07 Å². The summed E-state index contributed by atoms with van der Waals surface area (Å²) < 4.78 is 65.5. The van der Waals surface area contributed by atoms with Crippen molar-refractivity contribution < 1.29 is 36.3 Å². The minimum absolute atomic E-state index is 0.0447. The lowest BCUT2D eigenvalue weighted by Crippen LogP contribution is -2.25. The average molecular weight is 722 g/mol. The number of carbonyl (C=O) groups is 3. The van der Waals surface area contributed by atoms with Crippen LogP contribution in [0.25, 0.3) is 0 Å². The van der Waals surface area contributed by atoms with Crippen molar-refractivity contribution in [3.05, 3.63) is 95.9 Å². The number of nitrogens with one attached hydrogen (secondary N) is 1. The first-order valence-corrected chi connectivity index (χ1v) is 14.3. The highest BCUT2D eigenvalue weighted by Gasteiger charge is 2.67. The van der Waals surface area contributed by atoms with Gasteiger partial charge in [-0.15, -0.1) is 23.2 Å². The number of benzene rings is 3. The molecule has 1 saturated carbocycles. The van der Waals surface area contributed by atoms with E-state index in [9.17, 15) is 36.3 Å². The van der Waals surface area contributed by atoms with Crippen LogP contribution in [0.15, 0.2) is 36.4 Å². The number of halogens is 11. The Bertz CT molecular complexity index is 1650. The maximum Gasteiger partial charge on any atom is 0.450 e. The highest BCUT2D eigenvalue weighted by Crippen LogP contribution is 2.65. The molecule has 2 atom stereocenters. The van der Waals surface area contributed by atoms with Gasteiger partial charge in [-0.05, 0) is 53.9 Å². The number of Topliss-reactive ketones (excluding diaryl/α,β-unsaturated/α-hetero) is 2. The van der Waals surface area contributed by atoms with Gasteiger partial charge in [-0.1, -0.05) is 52.5 Å². The molecule has 43 heavy (non-hydrogen) atoms. The Morgan fingerprint density at radius 2 is 1.51 bits per heavy atom. The maximum atomic E-state index is 15.0. The zero-order chi connectivity index (χ0) is 32.2. The number of ketones is 2. The zero-order valence-electron chi connectivity index (χ0n) is 21.4. The summed E-state index contributed by atoms with van der Waals surface area (Å²) in [5, 5.41) is 2.95. The van der Waals surface area contributed by atoms with Crippen LogP contribution in [0.1, 0.15) is 38.5 Å². The second kappa shape index (κ2) is 12.3. The fourth-order valence-electron chi connectivity index (χ4n) is 4.56. The normalized spacial score (nSPS) is 17.5. The molecule has 4 rings (SSSR count).